The molecule has 0 heterocycles. The van der Waals surface area contributed by atoms with Gasteiger partial charge in [-0.1, -0.05) is 35.9 Å². The highest BCUT2D eigenvalue weighted by molar-refractivity contribution is 6.34. The Morgan fingerprint density at radius 1 is 1.16 bits per heavy atom. The predicted molar refractivity (Wildman–Crippen MR) is 117 cm³/mol. The summed E-state index contributed by atoms with van der Waals surface area (Å²) < 4.78 is 24.5. The summed E-state index contributed by atoms with van der Waals surface area (Å²) in [6.45, 7) is 0.0967. The second-order valence-corrected chi connectivity index (χ2v) is 6.83. The molecule has 31 heavy (non-hydrogen) atoms. The van der Waals surface area contributed by atoms with Crippen LogP contribution in [-0.4, -0.2) is 13.0 Å². The molecule has 0 aliphatic heterocycles. The highest BCUT2D eigenvalue weighted by atomic mass is 35.5. The van der Waals surface area contributed by atoms with E-state index in [0.29, 0.717) is 33.3 Å². The number of ether oxygens (including phenoxy) is 2. The van der Waals surface area contributed by atoms with E-state index in [-0.39, 0.29) is 18.0 Å². The molecule has 0 spiro atoms. The number of nitriles is 1. The van der Waals surface area contributed by atoms with Gasteiger partial charge in [0.05, 0.1) is 17.8 Å². The van der Waals surface area contributed by atoms with E-state index >= 15 is 0 Å². The summed E-state index contributed by atoms with van der Waals surface area (Å²) in [4.78, 5) is 12.6. The summed E-state index contributed by atoms with van der Waals surface area (Å²) in [5.74, 6) is -0.0651. The first-order valence-electron chi connectivity index (χ1n) is 9.23. The molecule has 156 valence electrons. The van der Waals surface area contributed by atoms with Crippen molar-refractivity contribution in [1.29, 1.82) is 5.26 Å². The molecule has 7 heteroatoms. The van der Waals surface area contributed by atoms with Crippen molar-refractivity contribution in [3.63, 3.8) is 0 Å². The minimum Gasteiger partial charge on any atom is -0.497 e. The Morgan fingerprint density at radius 3 is 2.68 bits per heavy atom. The Kier molecular flexibility index (Phi) is 7.26. The van der Waals surface area contributed by atoms with Crippen LogP contribution in [0.25, 0.3) is 6.08 Å². The molecule has 0 bridgehead atoms. The van der Waals surface area contributed by atoms with E-state index in [2.05, 4.69) is 5.32 Å². The Bertz CT molecular complexity index is 1170. The van der Waals surface area contributed by atoms with Crippen molar-refractivity contribution in [3.05, 3.63) is 94.3 Å². The van der Waals surface area contributed by atoms with Gasteiger partial charge >= 0.3 is 0 Å². The summed E-state index contributed by atoms with van der Waals surface area (Å²) in [5, 5.41) is 12.5. The normalized spacial score (nSPS) is 10.8. The van der Waals surface area contributed by atoms with Crippen LogP contribution in [0.3, 0.4) is 0 Å². The number of methoxy groups -OCH3 is 1. The summed E-state index contributed by atoms with van der Waals surface area (Å²) in [5.41, 5.74) is 1.38. The number of nitrogens with one attached hydrogen (secondary N) is 1. The molecule has 0 atom stereocenters. The average Bonchev–Trinajstić information content (AvgIpc) is 2.78. The fourth-order valence-corrected chi connectivity index (χ4v) is 2.91. The first-order chi connectivity index (χ1) is 15.0. The minimum absolute atomic E-state index is 0.0967. The van der Waals surface area contributed by atoms with Crippen LogP contribution in [-0.2, 0) is 11.4 Å². The highest BCUT2D eigenvalue weighted by Gasteiger charge is 2.13. The Labute approximate surface area is 184 Å². The number of para-hydroxylation sites is 1. The van der Waals surface area contributed by atoms with Crippen LogP contribution >= 0.6 is 11.6 Å². The van der Waals surface area contributed by atoms with E-state index < -0.39 is 5.91 Å². The number of halogens is 2. The molecular formula is C24H18ClFN2O3. The first-order valence-corrected chi connectivity index (χ1v) is 9.61. The number of anilines is 1. The van der Waals surface area contributed by atoms with Crippen molar-refractivity contribution >= 4 is 29.3 Å². The molecule has 0 fully saturated rings. The van der Waals surface area contributed by atoms with Gasteiger partial charge in [0.2, 0.25) is 0 Å². The summed E-state index contributed by atoms with van der Waals surface area (Å²) in [6.07, 6.45) is 1.41. The van der Waals surface area contributed by atoms with Gasteiger partial charge in [-0.25, -0.2) is 4.39 Å². The number of amides is 1. The number of rotatable bonds is 7. The molecule has 0 aromatic heterocycles. The molecule has 0 saturated heterocycles. The maximum atomic E-state index is 13.4. The molecule has 1 amide bonds. The van der Waals surface area contributed by atoms with E-state index in [1.54, 1.807) is 54.6 Å². The minimum atomic E-state index is -0.609. The zero-order chi connectivity index (χ0) is 22.2. The second-order valence-electron chi connectivity index (χ2n) is 6.43. The molecule has 3 aromatic carbocycles. The topological polar surface area (TPSA) is 71.3 Å². The number of benzene rings is 3. The van der Waals surface area contributed by atoms with E-state index in [0.717, 1.165) is 0 Å². The molecule has 3 aromatic rings. The maximum absolute atomic E-state index is 13.4. The van der Waals surface area contributed by atoms with Crippen LogP contribution in [0.1, 0.15) is 11.1 Å². The van der Waals surface area contributed by atoms with Crippen LogP contribution < -0.4 is 14.8 Å². The smallest absolute Gasteiger partial charge is 0.266 e. The number of hydrogen-bond donors (Lipinski definition) is 1. The fraction of sp³-hybridized carbons (Fsp3) is 0.0833. The largest absolute Gasteiger partial charge is 0.497 e. The maximum Gasteiger partial charge on any atom is 0.266 e. The predicted octanol–water partition coefficient (Wildman–Crippen LogP) is 5.61. The summed E-state index contributed by atoms with van der Waals surface area (Å²) in [7, 11) is 1.51. The van der Waals surface area contributed by atoms with Crippen molar-refractivity contribution in [2.45, 2.75) is 6.61 Å². The van der Waals surface area contributed by atoms with Crippen LogP contribution in [0, 0.1) is 17.1 Å². The lowest BCUT2D eigenvalue weighted by molar-refractivity contribution is -0.112. The van der Waals surface area contributed by atoms with E-state index in [1.807, 2.05) is 6.07 Å². The van der Waals surface area contributed by atoms with Gasteiger partial charge in [-0.2, -0.15) is 5.26 Å². The molecule has 0 aliphatic carbocycles. The van der Waals surface area contributed by atoms with Gasteiger partial charge in [0.15, 0.2) is 0 Å². The average molecular weight is 437 g/mol. The molecule has 0 radical (unpaired) electrons. The van der Waals surface area contributed by atoms with Crippen molar-refractivity contribution in [3.8, 4) is 17.6 Å². The Morgan fingerprint density at radius 2 is 1.97 bits per heavy atom. The van der Waals surface area contributed by atoms with Gasteiger partial charge in [0, 0.05) is 11.6 Å². The van der Waals surface area contributed by atoms with Crippen molar-refractivity contribution in [2.75, 3.05) is 12.4 Å². The van der Waals surface area contributed by atoms with E-state index in [4.69, 9.17) is 21.1 Å². The summed E-state index contributed by atoms with van der Waals surface area (Å²) >= 11 is 6.07. The number of nitrogens with zero attached hydrogens (tertiary/aromatic N) is 1. The van der Waals surface area contributed by atoms with Crippen LogP contribution in [0.4, 0.5) is 10.1 Å². The summed E-state index contributed by atoms with van der Waals surface area (Å²) in [6, 6.07) is 19.6. The number of carbonyl (C=O) groups excluding carboxylic acids is 1. The third-order valence-electron chi connectivity index (χ3n) is 4.29. The Balaban J connectivity index is 1.87. The quantitative estimate of drug-likeness (QED) is 0.386. The van der Waals surface area contributed by atoms with Gasteiger partial charge in [0.25, 0.3) is 5.91 Å². The van der Waals surface area contributed by atoms with Crippen LogP contribution in [0.15, 0.2) is 72.3 Å². The van der Waals surface area contributed by atoms with Crippen molar-refractivity contribution in [2.24, 2.45) is 0 Å². The van der Waals surface area contributed by atoms with Gasteiger partial charge in [-0.05, 0) is 48.0 Å². The third kappa shape index (κ3) is 5.84. The van der Waals surface area contributed by atoms with Crippen LogP contribution in [0.2, 0.25) is 5.02 Å². The number of carbonyl (C=O) groups is 1. The molecular weight excluding hydrogens is 419 g/mol. The zero-order valence-electron chi connectivity index (χ0n) is 16.6. The Hall–Kier alpha value is -3.82. The zero-order valence-corrected chi connectivity index (χ0v) is 17.3. The highest BCUT2D eigenvalue weighted by Crippen LogP contribution is 2.28. The first kappa shape index (κ1) is 21.9. The van der Waals surface area contributed by atoms with E-state index in [9.17, 15) is 14.4 Å². The van der Waals surface area contributed by atoms with Gasteiger partial charge in [-0.3, -0.25) is 4.79 Å². The van der Waals surface area contributed by atoms with Gasteiger partial charge < -0.3 is 14.8 Å². The molecule has 1 N–H and O–H groups in total. The van der Waals surface area contributed by atoms with Crippen LogP contribution in [0.5, 0.6) is 11.5 Å². The molecule has 0 aliphatic rings. The van der Waals surface area contributed by atoms with Crippen molar-refractivity contribution in [1.82, 2.24) is 0 Å². The lowest BCUT2D eigenvalue weighted by Crippen LogP contribution is -2.13. The standard InChI is InChI=1S/C24H18ClFN2O3/c1-30-20-10-9-17(23(13-20)31-15-16-5-4-6-19(26)11-16)12-18(14-27)24(29)28-22-8-3-2-7-21(22)25/h2-13H,15H2,1H3,(H,28,29)/b18-12+. The molecule has 0 saturated carbocycles. The SMILES string of the molecule is COc1ccc(/C=C(\C#N)C(=O)Nc2ccccc2Cl)c(OCc2cccc(F)c2)c1. The lowest BCUT2D eigenvalue weighted by Gasteiger charge is -2.12. The van der Waals surface area contributed by atoms with Crippen molar-refractivity contribution < 1.29 is 18.7 Å². The third-order valence-corrected chi connectivity index (χ3v) is 4.62. The van der Waals surface area contributed by atoms with Gasteiger partial charge in [0.1, 0.15) is 35.6 Å². The fourth-order valence-electron chi connectivity index (χ4n) is 2.73. The lowest BCUT2D eigenvalue weighted by atomic mass is 10.1. The molecule has 0 unspecified atom stereocenters. The van der Waals surface area contributed by atoms with Gasteiger partial charge in [-0.15, -0.1) is 0 Å². The second kappa shape index (κ2) is 10.3. The number of hydrogen-bond acceptors (Lipinski definition) is 4. The molecule has 5 nitrogen and oxygen atoms in total. The van der Waals surface area contributed by atoms with E-state index in [1.165, 1.54) is 25.3 Å². The molecule has 3 rings (SSSR count). The monoisotopic (exact) mass is 436 g/mol.